The van der Waals surface area contributed by atoms with Crippen LogP contribution in [-0.2, 0) is 4.79 Å². The summed E-state index contributed by atoms with van der Waals surface area (Å²) < 4.78 is 0. The number of amides is 1. The minimum atomic E-state index is -0.797. The van der Waals surface area contributed by atoms with Crippen molar-refractivity contribution >= 4 is 5.91 Å². The van der Waals surface area contributed by atoms with Gasteiger partial charge in [0.25, 0.3) is 0 Å². The predicted octanol–water partition coefficient (Wildman–Crippen LogP) is 0.328. The largest absolute Gasteiger partial charge is 0.358 e. The van der Waals surface area contributed by atoms with E-state index in [9.17, 15) is 4.79 Å². The van der Waals surface area contributed by atoms with E-state index in [1.165, 1.54) is 0 Å². The Labute approximate surface area is 61.0 Å². The minimum absolute atomic E-state index is 0.120. The number of rotatable bonds is 1. The Morgan fingerprint density at radius 3 is 2.40 bits per heavy atom. The Bertz CT molecular complexity index is 139. The maximum atomic E-state index is 11.0. The summed E-state index contributed by atoms with van der Waals surface area (Å²) in [7, 11) is 1.59. The third-order valence-electron chi connectivity index (χ3n) is 2.12. The Morgan fingerprint density at radius 2 is 2.00 bits per heavy atom. The van der Waals surface area contributed by atoms with E-state index in [1.54, 1.807) is 7.05 Å². The molecule has 0 unspecified atom stereocenters. The molecular formula is C7H13N2O. The lowest BCUT2D eigenvalue weighted by Gasteiger charge is -2.18. The van der Waals surface area contributed by atoms with Gasteiger partial charge in [0.1, 0.15) is 5.54 Å². The van der Waals surface area contributed by atoms with Gasteiger partial charge in [0.2, 0.25) is 5.91 Å². The van der Waals surface area contributed by atoms with E-state index >= 15 is 0 Å². The molecule has 0 atom stereocenters. The summed E-state index contributed by atoms with van der Waals surface area (Å²) in [5.41, 5.74) is 6.88. The molecule has 0 aromatic carbocycles. The quantitative estimate of drug-likeness (QED) is 0.562. The second kappa shape index (κ2) is 2.58. The lowest BCUT2D eigenvalue weighted by Crippen LogP contribution is -2.44. The molecule has 1 radical (unpaired) electrons. The van der Waals surface area contributed by atoms with Gasteiger partial charge in [-0.2, -0.15) is 0 Å². The normalized spacial score (nSPS) is 22.6. The molecule has 0 aromatic heterocycles. The van der Waals surface area contributed by atoms with E-state index in [0.29, 0.717) is 0 Å². The Balaban J connectivity index is 2.58. The van der Waals surface area contributed by atoms with Crippen LogP contribution >= 0.6 is 0 Å². The van der Waals surface area contributed by atoms with Crippen LogP contribution in [0.25, 0.3) is 0 Å². The summed E-state index contributed by atoms with van der Waals surface area (Å²) in [5.74, 6) is -0.120. The second-order valence-electron chi connectivity index (χ2n) is 2.87. The van der Waals surface area contributed by atoms with E-state index in [-0.39, 0.29) is 5.91 Å². The number of nitrogens with one attached hydrogen (secondary N) is 2. The molecule has 1 saturated carbocycles. The molecule has 3 heteroatoms. The van der Waals surface area contributed by atoms with Crippen LogP contribution in [0.5, 0.6) is 0 Å². The van der Waals surface area contributed by atoms with Crippen molar-refractivity contribution < 1.29 is 4.79 Å². The molecule has 0 spiro atoms. The van der Waals surface area contributed by atoms with Gasteiger partial charge < -0.3 is 5.32 Å². The van der Waals surface area contributed by atoms with Crippen molar-refractivity contribution in [2.24, 2.45) is 0 Å². The van der Waals surface area contributed by atoms with Crippen molar-refractivity contribution in [3.63, 3.8) is 0 Å². The highest BCUT2D eigenvalue weighted by Gasteiger charge is 2.36. The first-order chi connectivity index (χ1) is 4.69. The maximum Gasteiger partial charge on any atom is 0.241 e. The highest BCUT2D eigenvalue weighted by Crippen LogP contribution is 2.28. The van der Waals surface area contributed by atoms with Gasteiger partial charge in [0.15, 0.2) is 0 Å². The first-order valence-electron chi connectivity index (χ1n) is 3.66. The van der Waals surface area contributed by atoms with Gasteiger partial charge in [-0.05, 0) is 12.8 Å². The molecule has 3 nitrogen and oxygen atoms in total. The number of carbonyl (C=O) groups is 1. The number of carbonyl (C=O) groups excluding carboxylic acids is 1. The molecule has 0 heterocycles. The van der Waals surface area contributed by atoms with Gasteiger partial charge in [-0.25, -0.2) is 5.73 Å². The zero-order valence-electron chi connectivity index (χ0n) is 6.24. The van der Waals surface area contributed by atoms with Crippen LogP contribution in [0.2, 0.25) is 0 Å². The number of likely N-dealkylation sites (N-methyl/N-ethyl adjacent to an activating group) is 1. The SMILES string of the molecule is CNC(=O)C1([NH])CCCC1. The summed E-state index contributed by atoms with van der Waals surface area (Å²) in [5, 5.41) is 2.52. The van der Waals surface area contributed by atoms with Gasteiger partial charge in [0, 0.05) is 7.05 Å². The van der Waals surface area contributed by atoms with Crippen LogP contribution in [0, 0.1) is 0 Å². The first kappa shape index (κ1) is 7.54. The third-order valence-corrected chi connectivity index (χ3v) is 2.12. The third kappa shape index (κ3) is 1.14. The van der Waals surface area contributed by atoms with E-state index in [1.807, 2.05) is 0 Å². The molecule has 1 aliphatic rings. The maximum absolute atomic E-state index is 11.0. The molecular weight excluding hydrogens is 128 g/mol. The average molecular weight is 141 g/mol. The molecule has 57 valence electrons. The summed E-state index contributed by atoms with van der Waals surface area (Å²) in [6.07, 6.45) is 3.51. The van der Waals surface area contributed by atoms with Gasteiger partial charge in [-0.15, -0.1) is 0 Å². The Hall–Kier alpha value is -0.570. The predicted molar refractivity (Wildman–Crippen MR) is 38.4 cm³/mol. The molecule has 1 amide bonds. The molecule has 1 aliphatic carbocycles. The van der Waals surface area contributed by atoms with Gasteiger partial charge in [-0.3, -0.25) is 4.79 Å². The van der Waals surface area contributed by atoms with Crippen molar-refractivity contribution in [2.45, 2.75) is 31.2 Å². The Kier molecular flexibility index (Phi) is 1.94. The molecule has 0 saturated heterocycles. The van der Waals surface area contributed by atoms with Crippen molar-refractivity contribution in [2.75, 3.05) is 7.05 Å². The zero-order chi connectivity index (χ0) is 7.61. The standard InChI is InChI=1S/C7H13N2O/c1-9-6(10)7(8)4-2-3-5-7/h8H,2-5H2,1H3,(H,9,10). The molecule has 0 aromatic rings. The number of hydrogen-bond donors (Lipinski definition) is 1. The summed E-state index contributed by atoms with van der Waals surface area (Å²) in [4.78, 5) is 11.0. The monoisotopic (exact) mass is 141 g/mol. The second-order valence-corrected chi connectivity index (χ2v) is 2.87. The summed E-state index contributed by atoms with van der Waals surface area (Å²) in [6, 6.07) is 0. The van der Waals surface area contributed by atoms with Crippen LogP contribution in [-0.4, -0.2) is 18.5 Å². The molecule has 2 N–H and O–H groups in total. The van der Waals surface area contributed by atoms with Crippen LogP contribution in [0.3, 0.4) is 0 Å². The van der Waals surface area contributed by atoms with Gasteiger partial charge in [-0.1, -0.05) is 12.8 Å². The van der Waals surface area contributed by atoms with Crippen molar-refractivity contribution in [1.29, 1.82) is 0 Å². The van der Waals surface area contributed by atoms with E-state index in [4.69, 9.17) is 5.73 Å². The fourth-order valence-corrected chi connectivity index (χ4v) is 1.44. The smallest absolute Gasteiger partial charge is 0.241 e. The van der Waals surface area contributed by atoms with Gasteiger partial charge in [0.05, 0.1) is 0 Å². The molecule has 0 bridgehead atoms. The summed E-state index contributed by atoms with van der Waals surface area (Å²) in [6.45, 7) is 0. The van der Waals surface area contributed by atoms with Crippen molar-refractivity contribution in [3.8, 4) is 0 Å². The first-order valence-corrected chi connectivity index (χ1v) is 3.66. The van der Waals surface area contributed by atoms with E-state index < -0.39 is 5.54 Å². The van der Waals surface area contributed by atoms with Crippen molar-refractivity contribution in [1.82, 2.24) is 11.1 Å². The lowest BCUT2D eigenvalue weighted by molar-refractivity contribution is -0.125. The topological polar surface area (TPSA) is 52.9 Å². The van der Waals surface area contributed by atoms with E-state index in [2.05, 4.69) is 5.32 Å². The van der Waals surface area contributed by atoms with Crippen LogP contribution < -0.4 is 11.1 Å². The lowest BCUT2D eigenvalue weighted by atomic mass is 9.98. The van der Waals surface area contributed by atoms with Gasteiger partial charge >= 0.3 is 0 Å². The Morgan fingerprint density at radius 1 is 1.50 bits per heavy atom. The minimum Gasteiger partial charge on any atom is -0.358 e. The van der Waals surface area contributed by atoms with Crippen LogP contribution in [0.1, 0.15) is 25.7 Å². The number of hydrogen-bond acceptors (Lipinski definition) is 1. The zero-order valence-corrected chi connectivity index (χ0v) is 6.24. The van der Waals surface area contributed by atoms with Crippen molar-refractivity contribution in [3.05, 3.63) is 0 Å². The average Bonchev–Trinajstić information content (AvgIpc) is 2.36. The van der Waals surface area contributed by atoms with E-state index in [0.717, 1.165) is 25.7 Å². The fraction of sp³-hybridized carbons (Fsp3) is 0.857. The molecule has 0 aliphatic heterocycles. The highest BCUT2D eigenvalue weighted by atomic mass is 16.2. The fourth-order valence-electron chi connectivity index (χ4n) is 1.44. The van der Waals surface area contributed by atoms with Crippen LogP contribution in [0.4, 0.5) is 0 Å². The molecule has 10 heavy (non-hydrogen) atoms. The van der Waals surface area contributed by atoms with Crippen LogP contribution in [0.15, 0.2) is 0 Å². The highest BCUT2D eigenvalue weighted by molar-refractivity contribution is 5.85. The summed E-state index contributed by atoms with van der Waals surface area (Å²) >= 11 is 0. The molecule has 1 fully saturated rings. The molecule has 1 rings (SSSR count).